The van der Waals surface area contributed by atoms with Crippen molar-refractivity contribution in [3.8, 4) is 0 Å². The highest BCUT2D eigenvalue weighted by molar-refractivity contribution is 5.43. The molecule has 0 saturated carbocycles. The lowest BCUT2D eigenvalue weighted by Crippen LogP contribution is -2.00. The van der Waals surface area contributed by atoms with Crippen molar-refractivity contribution in [1.29, 1.82) is 0 Å². The molecule has 0 saturated heterocycles. The number of hydrogen-bond donors (Lipinski definition) is 1. The lowest BCUT2D eigenvalue weighted by Gasteiger charge is -2.05. The van der Waals surface area contributed by atoms with Crippen LogP contribution in [0.25, 0.3) is 0 Å². The van der Waals surface area contributed by atoms with Crippen LogP contribution in [0, 0.1) is 6.92 Å². The lowest BCUT2D eigenvalue weighted by molar-refractivity contribution is 0.184. The van der Waals surface area contributed by atoms with E-state index in [1.165, 1.54) is 0 Å². The van der Waals surface area contributed by atoms with E-state index in [9.17, 15) is 0 Å². The number of nitrogens with zero attached hydrogens (tertiary/aromatic N) is 1. The van der Waals surface area contributed by atoms with E-state index in [0.717, 1.165) is 11.1 Å². The summed E-state index contributed by atoms with van der Waals surface area (Å²) in [6.45, 7) is 2.53. The number of aromatic nitrogens is 1. The van der Waals surface area contributed by atoms with Gasteiger partial charge in [0, 0.05) is 18.9 Å². The SMILES string of the molecule is COCc1c(C)ccnc1N. The molecular formula is C8H12N2O. The third-order valence-corrected chi connectivity index (χ3v) is 1.61. The van der Waals surface area contributed by atoms with Gasteiger partial charge in [0.1, 0.15) is 5.82 Å². The molecular weight excluding hydrogens is 140 g/mol. The Labute approximate surface area is 66.2 Å². The van der Waals surface area contributed by atoms with Crippen LogP contribution >= 0.6 is 0 Å². The lowest BCUT2D eigenvalue weighted by atomic mass is 10.1. The van der Waals surface area contributed by atoms with E-state index in [2.05, 4.69) is 4.98 Å². The second-order valence-corrected chi connectivity index (χ2v) is 2.42. The van der Waals surface area contributed by atoms with Crippen molar-refractivity contribution in [1.82, 2.24) is 4.98 Å². The molecule has 0 aliphatic rings. The van der Waals surface area contributed by atoms with Gasteiger partial charge in [-0.1, -0.05) is 0 Å². The molecule has 0 aliphatic heterocycles. The number of methoxy groups -OCH3 is 1. The average molecular weight is 152 g/mol. The zero-order valence-corrected chi connectivity index (χ0v) is 6.79. The third-order valence-electron chi connectivity index (χ3n) is 1.61. The number of ether oxygens (including phenoxy) is 1. The number of anilines is 1. The Morgan fingerprint density at radius 2 is 2.36 bits per heavy atom. The Hall–Kier alpha value is -1.09. The van der Waals surface area contributed by atoms with Crippen molar-refractivity contribution in [3.05, 3.63) is 23.4 Å². The second kappa shape index (κ2) is 3.34. The van der Waals surface area contributed by atoms with Gasteiger partial charge in [0.2, 0.25) is 0 Å². The molecule has 1 aromatic heterocycles. The van der Waals surface area contributed by atoms with Crippen LogP contribution in [0.3, 0.4) is 0 Å². The van der Waals surface area contributed by atoms with E-state index in [-0.39, 0.29) is 0 Å². The molecule has 3 heteroatoms. The van der Waals surface area contributed by atoms with Crippen molar-refractivity contribution < 1.29 is 4.74 Å². The van der Waals surface area contributed by atoms with Crippen molar-refractivity contribution in [3.63, 3.8) is 0 Å². The van der Waals surface area contributed by atoms with E-state index in [1.54, 1.807) is 13.3 Å². The first-order valence-electron chi connectivity index (χ1n) is 3.44. The maximum absolute atomic E-state index is 5.62. The number of aryl methyl sites for hydroxylation is 1. The van der Waals surface area contributed by atoms with Gasteiger partial charge in [-0.25, -0.2) is 4.98 Å². The summed E-state index contributed by atoms with van der Waals surface area (Å²) in [6.07, 6.45) is 1.70. The van der Waals surface area contributed by atoms with Crippen molar-refractivity contribution in [2.75, 3.05) is 12.8 Å². The molecule has 1 aromatic rings. The molecule has 0 aromatic carbocycles. The fraction of sp³-hybridized carbons (Fsp3) is 0.375. The molecule has 1 rings (SSSR count). The quantitative estimate of drug-likeness (QED) is 0.690. The number of rotatable bonds is 2. The highest BCUT2D eigenvalue weighted by Crippen LogP contribution is 2.13. The maximum Gasteiger partial charge on any atom is 0.129 e. The summed E-state index contributed by atoms with van der Waals surface area (Å²) in [5.74, 6) is 0.562. The topological polar surface area (TPSA) is 48.1 Å². The van der Waals surface area contributed by atoms with Gasteiger partial charge in [-0.15, -0.1) is 0 Å². The summed E-state index contributed by atoms with van der Waals surface area (Å²) in [5, 5.41) is 0. The molecule has 0 aliphatic carbocycles. The number of nitrogens with two attached hydrogens (primary N) is 1. The third kappa shape index (κ3) is 1.68. The highest BCUT2D eigenvalue weighted by atomic mass is 16.5. The van der Waals surface area contributed by atoms with Crippen molar-refractivity contribution >= 4 is 5.82 Å². The Kier molecular flexibility index (Phi) is 2.44. The number of hydrogen-bond acceptors (Lipinski definition) is 3. The minimum absolute atomic E-state index is 0.533. The van der Waals surface area contributed by atoms with Crippen LogP contribution in [0.2, 0.25) is 0 Å². The Morgan fingerprint density at radius 1 is 1.64 bits per heavy atom. The van der Waals surface area contributed by atoms with Crippen LogP contribution in [0.4, 0.5) is 5.82 Å². The Bertz CT molecular complexity index is 228. The van der Waals surface area contributed by atoms with Crippen molar-refractivity contribution in [2.24, 2.45) is 0 Å². The normalized spacial score (nSPS) is 10.0. The number of nitrogen functional groups attached to an aromatic ring is 1. The van der Waals surface area contributed by atoms with E-state index in [1.807, 2.05) is 13.0 Å². The predicted octanol–water partition coefficient (Wildman–Crippen LogP) is 1.12. The minimum atomic E-state index is 0.533. The first-order valence-corrected chi connectivity index (χ1v) is 3.44. The van der Waals surface area contributed by atoms with Gasteiger partial charge in [-0.2, -0.15) is 0 Å². The van der Waals surface area contributed by atoms with Crippen LogP contribution in [0.1, 0.15) is 11.1 Å². The summed E-state index contributed by atoms with van der Waals surface area (Å²) in [4.78, 5) is 3.96. The molecule has 0 radical (unpaired) electrons. The zero-order valence-electron chi connectivity index (χ0n) is 6.79. The predicted molar refractivity (Wildman–Crippen MR) is 44.1 cm³/mol. The molecule has 0 fully saturated rings. The maximum atomic E-state index is 5.62. The summed E-state index contributed by atoms with van der Waals surface area (Å²) < 4.78 is 4.97. The van der Waals surface area contributed by atoms with Gasteiger partial charge < -0.3 is 10.5 Å². The van der Waals surface area contributed by atoms with Gasteiger partial charge in [-0.3, -0.25) is 0 Å². The molecule has 3 nitrogen and oxygen atoms in total. The molecule has 2 N–H and O–H groups in total. The summed E-state index contributed by atoms with van der Waals surface area (Å²) in [6, 6.07) is 1.92. The van der Waals surface area contributed by atoms with Crippen molar-refractivity contribution in [2.45, 2.75) is 13.5 Å². The molecule has 11 heavy (non-hydrogen) atoms. The second-order valence-electron chi connectivity index (χ2n) is 2.42. The van der Waals surface area contributed by atoms with Gasteiger partial charge in [0.15, 0.2) is 0 Å². The van der Waals surface area contributed by atoms with Gasteiger partial charge in [-0.05, 0) is 18.6 Å². The smallest absolute Gasteiger partial charge is 0.129 e. The first-order chi connectivity index (χ1) is 5.25. The summed E-state index contributed by atoms with van der Waals surface area (Å²) in [7, 11) is 1.64. The highest BCUT2D eigenvalue weighted by Gasteiger charge is 2.01. The van der Waals surface area contributed by atoms with Gasteiger partial charge in [0.05, 0.1) is 6.61 Å². The van der Waals surface area contributed by atoms with Crippen LogP contribution in [0.5, 0.6) is 0 Å². The summed E-state index contributed by atoms with van der Waals surface area (Å²) >= 11 is 0. The van der Waals surface area contributed by atoms with E-state index >= 15 is 0 Å². The van der Waals surface area contributed by atoms with Gasteiger partial charge in [0.25, 0.3) is 0 Å². The standard InChI is InChI=1S/C8H12N2O/c1-6-3-4-10-8(9)7(6)5-11-2/h3-4H,5H2,1-2H3,(H2,9,10). The number of pyridine rings is 1. The first kappa shape index (κ1) is 8.01. The van der Waals surface area contributed by atoms with Gasteiger partial charge >= 0.3 is 0 Å². The molecule has 0 amide bonds. The monoisotopic (exact) mass is 152 g/mol. The van der Waals surface area contributed by atoms with Crippen LogP contribution < -0.4 is 5.73 Å². The Balaban J connectivity index is 3.00. The molecule has 60 valence electrons. The fourth-order valence-corrected chi connectivity index (χ4v) is 0.942. The molecule has 0 spiro atoms. The van der Waals surface area contributed by atoms with Crippen LogP contribution in [-0.2, 0) is 11.3 Å². The Morgan fingerprint density at radius 3 is 2.91 bits per heavy atom. The van der Waals surface area contributed by atoms with Crippen LogP contribution in [0.15, 0.2) is 12.3 Å². The molecule has 1 heterocycles. The average Bonchev–Trinajstić information content (AvgIpc) is 1.97. The summed E-state index contributed by atoms with van der Waals surface area (Å²) in [5.41, 5.74) is 7.72. The zero-order chi connectivity index (χ0) is 8.27. The minimum Gasteiger partial charge on any atom is -0.383 e. The molecule has 0 bridgehead atoms. The molecule has 0 atom stereocenters. The van der Waals surface area contributed by atoms with E-state index in [4.69, 9.17) is 10.5 Å². The largest absolute Gasteiger partial charge is 0.383 e. The van der Waals surface area contributed by atoms with E-state index < -0.39 is 0 Å². The van der Waals surface area contributed by atoms with E-state index in [0.29, 0.717) is 12.4 Å². The fourth-order valence-electron chi connectivity index (χ4n) is 0.942. The van der Waals surface area contributed by atoms with Crippen LogP contribution in [-0.4, -0.2) is 12.1 Å². The molecule has 0 unspecified atom stereocenters.